The molecule has 2 rings (SSSR count). The molecule has 0 aliphatic heterocycles. The van der Waals surface area contributed by atoms with E-state index in [2.05, 4.69) is 10.5 Å². The molecule has 2 N–H and O–H groups in total. The number of alkyl halides is 3. The van der Waals surface area contributed by atoms with E-state index in [1.165, 1.54) is 24.3 Å². The number of carbonyl (C=O) groups is 2. The molecule has 0 aliphatic rings. The van der Waals surface area contributed by atoms with Gasteiger partial charge in [0.05, 0.1) is 16.3 Å². The minimum absolute atomic E-state index is 0.0102. The maximum Gasteiger partial charge on any atom is 0.471 e. The van der Waals surface area contributed by atoms with Crippen LogP contribution in [0.15, 0.2) is 53.6 Å². The first-order chi connectivity index (χ1) is 12.2. The van der Waals surface area contributed by atoms with Crippen molar-refractivity contribution < 1.29 is 22.8 Å². The van der Waals surface area contributed by atoms with Crippen LogP contribution in [0, 0.1) is 0 Å². The van der Waals surface area contributed by atoms with Crippen LogP contribution in [-0.4, -0.2) is 23.7 Å². The van der Waals surface area contributed by atoms with Gasteiger partial charge in [-0.2, -0.15) is 18.3 Å². The monoisotopic (exact) mass is 383 g/mol. The molecule has 136 valence electrons. The van der Waals surface area contributed by atoms with E-state index < -0.39 is 18.0 Å². The zero-order valence-corrected chi connectivity index (χ0v) is 14.2. The first kappa shape index (κ1) is 19.5. The molecule has 0 bridgehead atoms. The summed E-state index contributed by atoms with van der Waals surface area (Å²) in [7, 11) is 0. The average Bonchev–Trinajstić information content (AvgIpc) is 2.59. The van der Waals surface area contributed by atoms with E-state index in [0.717, 1.165) is 0 Å². The lowest BCUT2D eigenvalue weighted by atomic mass is 10.1. The molecular formula is C17H13ClF3N3O2. The lowest BCUT2D eigenvalue weighted by Crippen LogP contribution is -2.29. The number of benzene rings is 2. The summed E-state index contributed by atoms with van der Waals surface area (Å²) in [4.78, 5) is 22.9. The van der Waals surface area contributed by atoms with Crippen molar-refractivity contribution in [3.05, 3.63) is 64.7 Å². The van der Waals surface area contributed by atoms with Crippen LogP contribution in [0.25, 0.3) is 0 Å². The highest BCUT2D eigenvalue weighted by Crippen LogP contribution is 2.19. The Morgan fingerprint density at radius 3 is 2.23 bits per heavy atom. The largest absolute Gasteiger partial charge is 0.471 e. The second-order valence-electron chi connectivity index (χ2n) is 5.15. The molecule has 26 heavy (non-hydrogen) atoms. The second kappa shape index (κ2) is 8.01. The van der Waals surface area contributed by atoms with Gasteiger partial charge in [-0.25, -0.2) is 5.43 Å². The van der Waals surface area contributed by atoms with Crippen LogP contribution in [-0.2, 0) is 4.79 Å². The summed E-state index contributed by atoms with van der Waals surface area (Å²) in [6, 6.07) is 12.0. The molecule has 0 aromatic heterocycles. The first-order valence-electron chi connectivity index (χ1n) is 7.26. The molecule has 0 saturated carbocycles. The Labute approximate surface area is 151 Å². The highest BCUT2D eigenvalue weighted by molar-refractivity contribution is 6.33. The SMILES string of the molecule is C/C(=N\NC(=O)c1ccccc1Cl)c1ccc(NC(=O)C(F)(F)F)cc1. The minimum Gasteiger partial charge on any atom is -0.318 e. The van der Waals surface area contributed by atoms with Crippen molar-refractivity contribution >= 4 is 34.8 Å². The van der Waals surface area contributed by atoms with Crippen LogP contribution < -0.4 is 10.7 Å². The predicted molar refractivity (Wildman–Crippen MR) is 92.3 cm³/mol. The molecule has 0 heterocycles. The van der Waals surface area contributed by atoms with E-state index in [9.17, 15) is 22.8 Å². The van der Waals surface area contributed by atoms with E-state index >= 15 is 0 Å². The molecule has 0 unspecified atom stereocenters. The van der Waals surface area contributed by atoms with Gasteiger partial charge in [0.25, 0.3) is 5.91 Å². The Kier molecular flexibility index (Phi) is 5.99. The lowest BCUT2D eigenvalue weighted by molar-refractivity contribution is -0.167. The fourth-order valence-corrected chi connectivity index (χ4v) is 2.12. The quantitative estimate of drug-likeness (QED) is 0.619. The molecule has 0 atom stereocenters. The summed E-state index contributed by atoms with van der Waals surface area (Å²) in [5.74, 6) is -2.55. The summed E-state index contributed by atoms with van der Waals surface area (Å²) in [6.07, 6.45) is -4.96. The van der Waals surface area contributed by atoms with Gasteiger partial charge in [0.1, 0.15) is 0 Å². The number of hydrogen-bond donors (Lipinski definition) is 2. The molecular weight excluding hydrogens is 371 g/mol. The molecule has 0 saturated heterocycles. The molecule has 9 heteroatoms. The highest BCUT2D eigenvalue weighted by Gasteiger charge is 2.38. The van der Waals surface area contributed by atoms with Gasteiger partial charge >= 0.3 is 12.1 Å². The van der Waals surface area contributed by atoms with E-state index in [-0.39, 0.29) is 16.3 Å². The normalized spacial score (nSPS) is 11.8. The Bertz CT molecular complexity index is 849. The molecule has 5 nitrogen and oxygen atoms in total. The minimum atomic E-state index is -4.96. The predicted octanol–water partition coefficient (Wildman–Crippen LogP) is 3.99. The summed E-state index contributed by atoms with van der Waals surface area (Å²) in [6.45, 7) is 1.61. The lowest BCUT2D eigenvalue weighted by Gasteiger charge is -2.09. The highest BCUT2D eigenvalue weighted by atomic mass is 35.5. The summed E-state index contributed by atoms with van der Waals surface area (Å²) in [5.41, 5.74) is 3.57. The maximum absolute atomic E-state index is 12.2. The van der Waals surface area contributed by atoms with Gasteiger partial charge in [-0.15, -0.1) is 0 Å². The van der Waals surface area contributed by atoms with Gasteiger partial charge in [-0.3, -0.25) is 9.59 Å². The van der Waals surface area contributed by atoms with Gasteiger partial charge in [0.2, 0.25) is 0 Å². The summed E-state index contributed by atoms with van der Waals surface area (Å²) in [5, 5.41) is 5.95. The number of hydrazone groups is 1. The fourth-order valence-electron chi connectivity index (χ4n) is 1.90. The van der Waals surface area contributed by atoms with Crippen molar-refractivity contribution in [3.63, 3.8) is 0 Å². The zero-order chi connectivity index (χ0) is 19.3. The van der Waals surface area contributed by atoms with E-state index in [1.54, 1.807) is 36.5 Å². The molecule has 0 radical (unpaired) electrons. The smallest absolute Gasteiger partial charge is 0.318 e. The third-order valence-corrected chi connectivity index (χ3v) is 3.59. The van der Waals surface area contributed by atoms with Crippen molar-refractivity contribution in [1.82, 2.24) is 5.43 Å². The van der Waals surface area contributed by atoms with Crippen LogP contribution in [0.1, 0.15) is 22.8 Å². The number of anilines is 1. The van der Waals surface area contributed by atoms with Crippen LogP contribution in [0.5, 0.6) is 0 Å². The zero-order valence-electron chi connectivity index (χ0n) is 13.4. The van der Waals surface area contributed by atoms with Gasteiger partial charge < -0.3 is 5.32 Å². The number of hydrogen-bond acceptors (Lipinski definition) is 3. The van der Waals surface area contributed by atoms with E-state index in [1.807, 2.05) is 0 Å². The first-order valence-corrected chi connectivity index (χ1v) is 7.64. The van der Waals surface area contributed by atoms with Crippen LogP contribution in [0.2, 0.25) is 5.02 Å². The van der Waals surface area contributed by atoms with Crippen molar-refractivity contribution in [3.8, 4) is 0 Å². The van der Waals surface area contributed by atoms with Crippen LogP contribution in [0.3, 0.4) is 0 Å². The molecule has 2 aromatic rings. The van der Waals surface area contributed by atoms with Gasteiger partial charge in [0, 0.05) is 5.69 Å². The Balaban J connectivity index is 2.04. The third kappa shape index (κ3) is 5.06. The maximum atomic E-state index is 12.2. The molecule has 0 spiro atoms. The average molecular weight is 384 g/mol. The van der Waals surface area contributed by atoms with Gasteiger partial charge in [0.15, 0.2) is 0 Å². The number of halogens is 4. The number of nitrogens with one attached hydrogen (secondary N) is 2. The molecule has 0 aliphatic carbocycles. The number of amides is 2. The molecule has 0 fully saturated rings. The Morgan fingerprint density at radius 2 is 1.65 bits per heavy atom. The standard InChI is InChI=1S/C17H13ClF3N3O2/c1-10(23-24-15(25)13-4-2-3-5-14(13)18)11-6-8-12(9-7-11)22-16(26)17(19,20)21/h2-9H,1H3,(H,22,26)(H,24,25)/b23-10+. The van der Waals surface area contributed by atoms with Gasteiger partial charge in [-0.1, -0.05) is 35.9 Å². The van der Waals surface area contributed by atoms with Crippen LogP contribution >= 0.6 is 11.6 Å². The summed E-state index contributed by atoms with van der Waals surface area (Å²) >= 11 is 5.92. The topological polar surface area (TPSA) is 70.6 Å². The molecule has 2 aromatic carbocycles. The Hall–Kier alpha value is -2.87. The third-order valence-electron chi connectivity index (χ3n) is 3.26. The fraction of sp³-hybridized carbons (Fsp3) is 0.118. The number of carbonyl (C=O) groups excluding carboxylic acids is 2. The van der Waals surface area contributed by atoms with Crippen molar-refractivity contribution in [2.75, 3.05) is 5.32 Å². The number of rotatable bonds is 4. The second-order valence-corrected chi connectivity index (χ2v) is 5.55. The van der Waals surface area contributed by atoms with E-state index in [0.29, 0.717) is 11.3 Å². The van der Waals surface area contributed by atoms with E-state index in [4.69, 9.17) is 11.6 Å². The summed E-state index contributed by atoms with van der Waals surface area (Å²) < 4.78 is 36.6. The Morgan fingerprint density at radius 1 is 1.04 bits per heavy atom. The molecule has 2 amide bonds. The van der Waals surface area contributed by atoms with Crippen LogP contribution in [0.4, 0.5) is 18.9 Å². The van der Waals surface area contributed by atoms with Crippen molar-refractivity contribution in [2.45, 2.75) is 13.1 Å². The van der Waals surface area contributed by atoms with Crippen molar-refractivity contribution in [2.24, 2.45) is 5.10 Å². The van der Waals surface area contributed by atoms with Gasteiger partial charge in [-0.05, 0) is 36.8 Å². The van der Waals surface area contributed by atoms with Crippen molar-refractivity contribution in [1.29, 1.82) is 0 Å². The number of nitrogens with zero attached hydrogens (tertiary/aromatic N) is 1.